The molecule has 2 heterocycles. The van der Waals surface area contributed by atoms with Crippen molar-refractivity contribution in [3.63, 3.8) is 0 Å². The molecule has 1 unspecified atom stereocenters. The maximum Gasteiger partial charge on any atom is 0.407 e. The van der Waals surface area contributed by atoms with E-state index in [0.717, 1.165) is 69.3 Å². The molecule has 0 bridgehead atoms. The van der Waals surface area contributed by atoms with Crippen LogP contribution in [-0.2, 0) is 14.3 Å². The Morgan fingerprint density at radius 3 is 2.59 bits per heavy atom. The minimum absolute atomic E-state index is 0.150. The number of hydrogen-bond acceptors (Lipinski definition) is 7. The first-order valence-electron chi connectivity index (χ1n) is 13.7. The molecular weight excluding hydrogens is 472 g/mol. The monoisotopic (exact) mass is 516 g/mol. The lowest BCUT2D eigenvalue weighted by Gasteiger charge is -2.27. The summed E-state index contributed by atoms with van der Waals surface area (Å²) in [6.45, 7) is 8.13. The van der Waals surface area contributed by atoms with Crippen LogP contribution in [-0.4, -0.2) is 49.7 Å². The molecular formula is C28H44N4O5. The molecule has 0 aliphatic carbocycles. The Morgan fingerprint density at radius 1 is 1.11 bits per heavy atom. The molecule has 1 aromatic carbocycles. The molecule has 1 aromatic rings. The number of unbranched alkanes of at least 4 members (excludes halogenated alkanes) is 5. The number of rotatable bonds is 11. The van der Waals surface area contributed by atoms with Crippen molar-refractivity contribution >= 4 is 29.3 Å². The van der Waals surface area contributed by atoms with Crippen LogP contribution in [0.2, 0.25) is 0 Å². The largest absolute Gasteiger partial charge is 0.494 e. The van der Waals surface area contributed by atoms with Crippen LogP contribution in [0, 0.1) is 5.41 Å². The maximum atomic E-state index is 12.7. The van der Waals surface area contributed by atoms with Gasteiger partial charge in [-0.05, 0) is 65.0 Å². The molecule has 37 heavy (non-hydrogen) atoms. The van der Waals surface area contributed by atoms with Crippen LogP contribution in [0.4, 0.5) is 16.2 Å². The molecule has 9 heteroatoms. The molecule has 2 saturated heterocycles. The van der Waals surface area contributed by atoms with Gasteiger partial charge in [-0.2, -0.15) is 0 Å². The van der Waals surface area contributed by atoms with Gasteiger partial charge in [0.15, 0.2) is 0 Å². The fourth-order valence-electron chi connectivity index (χ4n) is 5.01. The molecule has 1 atom stereocenters. The van der Waals surface area contributed by atoms with Crippen molar-refractivity contribution in [2.24, 2.45) is 5.41 Å². The number of anilines is 2. The van der Waals surface area contributed by atoms with Gasteiger partial charge in [-0.25, -0.2) is 4.79 Å². The first-order valence-corrected chi connectivity index (χ1v) is 13.7. The standard InChI is InChI=1S/C28H44N4O5/c1-27(2,3)37-26(35)30-16-8-6-4-5-7-9-18-36-21-12-13-22(29)23(19-21)32-17-15-28(20-32)14-10-11-24(33)31-25(28)34/h12-13,19H,4-11,14-18,20,29H2,1-3H3,(H,30,35)(H,31,33,34). The second kappa shape index (κ2) is 13.0. The maximum absolute atomic E-state index is 12.7. The number of ether oxygens (including phenoxy) is 2. The van der Waals surface area contributed by atoms with Crippen LogP contribution >= 0.6 is 0 Å². The summed E-state index contributed by atoms with van der Waals surface area (Å²) in [5.74, 6) is 0.451. The van der Waals surface area contributed by atoms with Gasteiger partial charge in [0.2, 0.25) is 11.8 Å². The molecule has 0 radical (unpaired) electrons. The third-order valence-electron chi connectivity index (χ3n) is 7.00. The van der Waals surface area contributed by atoms with Crippen molar-refractivity contribution in [1.82, 2.24) is 10.6 Å². The van der Waals surface area contributed by atoms with E-state index in [1.807, 2.05) is 39.0 Å². The van der Waals surface area contributed by atoms with Crippen molar-refractivity contribution in [3.05, 3.63) is 18.2 Å². The Morgan fingerprint density at radius 2 is 1.84 bits per heavy atom. The van der Waals surface area contributed by atoms with E-state index in [9.17, 15) is 14.4 Å². The Labute approximate surface area is 220 Å². The molecule has 3 rings (SSSR count). The number of alkyl carbamates (subject to hydrolysis) is 1. The molecule has 0 aromatic heterocycles. The van der Waals surface area contributed by atoms with E-state index in [1.165, 1.54) is 0 Å². The molecule has 2 aliphatic heterocycles. The molecule has 9 nitrogen and oxygen atoms in total. The smallest absolute Gasteiger partial charge is 0.407 e. The average molecular weight is 517 g/mol. The van der Waals surface area contributed by atoms with Gasteiger partial charge in [-0.3, -0.25) is 14.9 Å². The summed E-state index contributed by atoms with van der Waals surface area (Å²) in [5.41, 5.74) is 6.84. The molecule has 2 aliphatic rings. The highest BCUT2D eigenvalue weighted by Gasteiger charge is 2.46. The SMILES string of the molecule is CC(C)(C)OC(=O)NCCCCCCCCOc1ccc(N)c(N2CCC3(CCCC(=O)NC3=O)C2)c1. The van der Waals surface area contributed by atoms with E-state index in [2.05, 4.69) is 15.5 Å². The number of carbonyl (C=O) groups excluding carboxylic acids is 3. The number of imide groups is 1. The quantitative estimate of drug-likeness (QED) is 0.224. The Bertz CT molecular complexity index is 945. The van der Waals surface area contributed by atoms with E-state index in [1.54, 1.807) is 0 Å². The van der Waals surface area contributed by atoms with Gasteiger partial charge in [0.25, 0.3) is 0 Å². The zero-order valence-electron chi connectivity index (χ0n) is 22.7. The number of amides is 3. The van der Waals surface area contributed by atoms with Gasteiger partial charge in [0.1, 0.15) is 11.4 Å². The fraction of sp³-hybridized carbons (Fsp3) is 0.679. The Hall–Kier alpha value is -2.97. The number of nitrogen functional groups attached to an aromatic ring is 1. The van der Waals surface area contributed by atoms with Crippen LogP contribution in [0.15, 0.2) is 18.2 Å². The predicted molar refractivity (Wildman–Crippen MR) is 145 cm³/mol. The van der Waals surface area contributed by atoms with Gasteiger partial charge >= 0.3 is 6.09 Å². The van der Waals surface area contributed by atoms with Crippen LogP contribution in [0.25, 0.3) is 0 Å². The molecule has 0 saturated carbocycles. The minimum atomic E-state index is -0.527. The minimum Gasteiger partial charge on any atom is -0.494 e. The van der Waals surface area contributed by atoms with Crippen molar-refractivity contribution in [3.8, 4) is 5.75 Å². The number of benzene rings is 1. The second-order valence-electron chi connectivity index (χ2n) is 11.3. The average Bonchev–Trinajstić information content (AvgIpc) is 3.19. The molecule has 2 fully saturated rings. The van der Waals surface area contributed by atoms with Crippen molar-refractivity contribution in [2.75, 3.05) is 36.9 Å². The summed E-state index contributed by atoms with van der Waals surface area (Å²) in [6.07, 6.45) is 8.54. The number of nitrogens with one attached hydrogen (secondary N) is 2. The molecule has 4 N–H and O–H groups in total. The lowest BCUT2D eigenvalue weighted by molar-refractivity contribution is -0.134. The van der Waals surface area contributed by atoms with Crippen LogP contribution < -0.4 is 26.0 Å². The third-order valence-corrected chi connectivity index (χ3v) is 7.00. The fourth-order valence-corrected chi connectivity index (χ4v) is 5.01. The predicted octanol–water partition coefficient (Wildman–Crippen LogP) is 4.54. The molecule has 3 amide bonds. The summed E-state index contributed by atoms with van der Waals surface area (Å²) in [4.78, 5) is 38.3. The molecule has 1 spiro atoms. The third kappa shape index (κ3) is 8.83. The summed E-state index contributed by atoms with van der Waals surface area (Å²) in [5, 5.41) is 5.35. The van der Waals surface area contributed by atoms with Gasteiger partial charge in [0, 0.05) is 32.1 Å². The van der Waals surface area contributed by atoms with Crippen LogP contribution in [0.3, 0.4) is 0 Å². The van der Waals surface area contributed by atoms with Gasteiger partial charge in [0.05, 0.1) is 23.4 Å². The van der Waals surface area contributed by atoms with E-state index < -0.39 is 11.0 Å². The molecule has 206 valence electrons. The van der Waals surface area contributed by atoms with Gasteiger partial charge in [-0.15, -0.1) is 0 Å². The number of nitrogens with two attached hydrogens (primary N) is 1. The highest BCUT2D eigenvalue weighted by atomic mass is 16.6. The van der Waals surface area contributed by atoms with E-state index in [-0.39, 0.29) is 17.9 Å². The van der Waals surface area contributed by atoms with Crippen molar-refractivity contribution in [1.29, 1.82) is 0 Å². The van der Waals surface area contributed by atoms with Gasteiger partial charge in [-0.1, -0.05) is 25.7 Å². The van der Waals surface area contributed by atoms with Gasteiger partial charge < -0.3 is 25.4 Å². The van der Waals surface area contributed by atoms with Crippen molar-refractivity contribution in [2.45, 2.75) is 90.6 Å². The van der Waals surface area contributed by atoms with E-state index in [4.69, 9.17) is 15.2 Å². The first kappa shape index (κ1) is 28.6. The summed E-state index contributed by atoms with van der Waals surface area (Å²) in [6, 6.07) is 5.71. The summed E-state index contributed by atoms with van der Waals surface area (Å²) in [7, 11) is 0. The number of hydrogen-bond donors (Lipinski definition) is 3. The zero-order chi connectivity index (χ0) is 26.9. The first-order chi connectivity index (χ1) is 17.6. The highest BCUT2D eigenvalue weighted by molar-refractivity contribution is 5.99. The lowest BCUT2D eigenvalue weighted by atomic mass is 9.82. The normalized spacial score (nSPS) is 20.0. The summed E-state index contributed by atoms with van der Waals surface area (Å²) >= 11 is 0. The van der Waals surface area contributed by atoms with Crippen molar-refractivity contribution < 1.29 is 23.9 Å². The Balaban J connectivity index is 1.33. The second-order valence-corrected chi connectivity index (χ2v) is 11.3. The van der Waals surface area contributed by atoms with Crippen LogP contribution in [0.5, 0.6) is 5.75 Å². The topological polar surface area (TPSA) is 123 Å². The van der Waals surface area contributed by atoms with E-state index in [0.29, 0.717) is 38.2 Å². The Kier molecular flexibility index (Phi) is 10.1. The number of nitrogens with zero attached hydrogens (tertiary/aromatic N) is 1. The number of carbonyl (C=O) groups is 3. The lowest BCUT2D eigenvalue weighted by Crippen LogP contribution is -2.43. The summed E-state index contributed by atoms with van der Waals surface area (Å²) < 4.78 is 11.2. The van der Waals surface area contributed by atoms with Crippen LogP contribution in [0.1, 0.15) is 85.0 Å². The van der Waals surface area contributed by atoms with E-state index >= 15 is 0 Å². The highest BCUT2D eigenvalue weighted by Crippen LogP contribution is 2.41. The zero-order valence-corrected chi connectivity index (χ0v) is 22.7.